The molecular formula is C29H34FNO3. The first kappa shape index (κ1) is 24.2. The van der Waals surface area contributed by atoms with E-state index in [0.29, 0.717) is 13.2 Å². The van der Waals surface area contributed by atoms with Crippen molar-refractivity contribution >= 4 is 0 Å². The molecule has 2 N–H and O–H groups in total. The second-order valence-corrected chi connectivity index (χ2v) is 9.01. The van der Waals surface area contributed by atoms with Gasteiger partial charge in [0.25, 0.3) is 0 Å². The van der Waals surface area contributed by atoms with Crippen molar-refractivity contribution in [2.45, 2.75) is 57.8 Å². The summed E-state index contributed by atoms with van der Waals surface area (Å²) in [6.07, 6.45) is 4.91. The molecule has 0 spiro atoms. The van der Waals surface area contributed by atoms with E-state index in [2.05, 4.69) is 19.1 Å². The highest BCUT2D eigenvalue weighted by Crippen LogP contribution is 2.32. The van der Waals surface area contributed by atoms with Crippen molar-refractivity contribution in [3.63, 3.8) is 0 Å². The van der Waals surface area contributed by atoms with Crippen LogP contribution in [-0.4, -0.2) is 25.9 Å². The molecule has 1 aliphatic carbocycles. The van der Waals surface area contributed by atoms with Gasteiger partial charge in [-0.25, -0.2) is 4.39 Å². The van der Waals surface area contributed by atoms with Crippen LogP contribution in [0.4, 0.5) is 4.39 Å². The predicted molar refractivity (Wildman–Crippen MR) is 134 cm³/mol. The Balaban J connectivity index is 1.35. The molecule has 0 radical (unpaired) electrons. The Morgan fingerprint density at radius 1 is 0.912 bits per heavy atom. The standard InChI is InChI=1S/C29H34FNO3/c1-20-6-7-23(29(16-20)32-2)19-33-25-10-12-26(13-11-25)34-27-9-8-21(14-15-31)28(18-27)22-4-3-5-24(30)17-22/h3-9,16-18,25-26H,10-15,19,31H2,1-2H3. The smallest absolute Gasteiger partial charge is 0.124 e. The van der Waals surface area contributed by atoms with Gasteiger partial charge >= 0.3 is 0 Å². The Bertz CT molecular complexity index is 1090. The normalized spacial score (nSPS) is 18.0. The molecule has 5 heteroatoms. The Labute approximate surface area is 201 Å². The molecule has 0 atom stereocenters. The van der Waals surface area contributed by atoms with Gasteiger partial charge in [-0.3, -0.25) is 0 Å². The van der Waals surface area contributed by atoms with E-state index in [0.717, 1.165) is 65.9 Å². The quantitative estimate of drug-likeness (QED) is 0.409. The fraction of sp³-hybridized carbons (Fsp3) is 0.379. The monoisotopic (exact) mass is 463 g/mol. The van der Waals surface area contributed by atoms with E-state index in [-0.39, 0.29) is 18.0 Å². The van der Waals surface area contributed by atoms with Crippen molar-refractivity contribution in [1.82, 2.24) is 0 Å². The number of halogens is 1. The molecule has 0 aromatic heterocycles. The van der Waals surface area contributed by atoms with Crippen LogP contribution in [-0.2, 0) is 17.8 Å². The van der Waals surface area contributed by atoms with Crippen LogP contribution in [0.1, 0.15) is 42.4 Å². The lowest BCUT2D eigenvalue weighted by Gasteiger charge is -2.29. The molecule has 3 aromatic rings. The molecule has 0 unspecified atom stereocenters. The van der Waals surface area contributed by atoms with Crippen LogP contribution >= 0.6 is 0 Å². The van der Waals surface area contributed by atoms with Crippen LogP contribution in [0, 0.1) is 12.7 Å². The van der Waals surface area contributed by atoms with Gasteiger partial charge in [0.15, 0.2) is 0 Å². The van der Waals surface area contributed by atoms with Gasteiger partial charge in [-0.1, -0.05) is 30.3 Å². The van der Waals surface area contributed by atoms with Crippen LogP contribution in [0.3, 0.4) is 0 Å². The lowest BCUT2D eigenvalue weighted by atomic mass is 9.94. The summed E-state index contributed by atoms with van der Waals surface area (Å²) >= 11 is 0. The van der Waals surface area contributed by atoms with Crippen molar-refractivity contribution < 1.29 is 18.6 Å². The average molecular weight is 464 g/mol. The molecule has 0 aliphatic heterocycles. The number of aryl methyl sites for hydroxylation is 1. The summed E-state index contributed by atoms with van der Waals surface area (Å²) in [4.78, 5) is 0. The molecule has 0 amide bonds. The molecule has 34 heavy (non-hydrogen) atoms. The summed E-state index contributed by atoms with van der Waals surface area (Å²) in [5.74, 6) is 1.45. The second-order valence-electron chi connectivity index (χ2n) is 9.01. The largest absolute Gasteiger partial charge is 0.496 e. The van der Waals surface area contributed by atoms with E-state index in [4.69, 9.17) is 19.9 Å². The minimum Gasteiger partial charge on any atom is -0.496 e. The summed E-state index contributed by atoms with van der Waals surface area (Å²) in [7, 11) is 1.70. The van der Waals surface area contributed by atoms with Gasteiger partial charge in [0, 0.05) is 5.56 Å². The van der Waals surface area contributed by atoms with Gasteiger partial charge in [-0.05, 0) is 98.2 Å². The van der Waals surface area contributed by atoms with Gasteiger partial charge in [0.05, 0.1) is 25.9 Å². The molecule has 180 valence electrons. The topological polar surface area (TPSA) is 53.7 Å². The summed E-state index contributed by atoms with van der Waals surface area (Å²) < 4.78 is 31.9. The third-order valence-corrected chi connectivity index (χ3v) is 6.47. The molecule has 1 aliphatic rings. The summed E-state index contributed by atoms with van der Waals surface area (Å²) in [5, 5.41) is 0. The van der Waals surface area contributed by atoms with Gasteiger partial charge in [0.2, 0.25) is 0 Å². The lowest BCUT2D eigenvalue weighted by molar-refractivity contribution is -0.00720. The number of ether oxygens (including phenoxy) is 3. The molecule has 0 heterocycles. The van der Waals surface area contributed by atoms with Crippen LogP contribution < -0.4 is 15.2 Å². The van der Waals surface area contributed by atoms with Gasteiger partial charge in [-0.2, -0.15) is 0 Å². The third-order valence-electron chi connectivity index (χ3n) is 6.47. The number of hydrogen-bond acceptors (Lipinski definition) is 4. The highest BCUT2D eigenvalue weighted by Gasteiger charge is 2.23. The van der Waals surface area contributed by atoms with E-state index in [1.807, 2.05) is 30.3 Å². The number of hydrogen-bond donors (Lipinski definition) is 1. The van der Waals surface area contributed by atoms with Crippen molar-refractivity contribution in [1.29, 1.82) is 0 Å². The van der Waals surface area contributed by atoms with E-state index in [9.17, 15) is 4.39 Å². The SMILES string of the molecule is COc1cc(C)ccc1COC1CCC(Oc2ccc(CCN)c(-c3cccc(F)c3)c2)CC1. The van der Waals surface area contributed by atoms with E-state index >= 15 is 0 Å². The van der Waals surface area contributed by atoms with Crippen LogP contribution in [0.2, 0.25) is 0 Å². The van der Waals surface area contributed by atoms with Gasteiger partial charge in [0.1, 0.15) is 17.3 Å². The van der Waals surface area contributed by atoms with Crippen LogP contribution in [0.15, 0.2) is 60.7 Å². The number of benzene rings is 3. The van der Waals surface area contributed by atoms with E-state index in [1.54, 1.807) is 19.2 Å². The van der Waals surface area contributed by atoms with Crippen molar-refractivity contribution in [3.8, 4) is 22.6 Å². The zero-order chi connectivity index (χ0) is 23.9. The maximum Gasteiger partial charge on any atom is 0.124 e. The third kappa shape index (κ3) is 6.16. The first-order chi connectivity index (χ1) is 16.6. The van der Waals surface area contributed by atoms with E-state index in [1.165, 1.54) is 11.6 Å². The molecule has 1 fully saturated rings. The maximum atomic E-state index is 13.8. The van der Waals surface area contributed by atoms with Gasteiger partial charge in [-0.15, -0.1) is 0 Å². The minimum atomic E-state index is -0.246. The first-order valence-electron chi connectivity index (χ1n) is 12.1. The average Bonchev–Trinajstić information content (AvgIpc) is 2.85. The molecule has 4 rings (SSSR count). The molecule has 0 bridgehead atoms. The fourth-order valence-electron chi connectivity index (χ4n) is 4.61. The Kier molecular flexibility index (Phi) is 8.20. The van der Waals surface area contributed by atoms with Crippen LogP contribution in [0.25, 0.3) is 11.1 Å². The van der Waals surface area contributed by atoms with Gasteiger partial charge < -0.3 is 19.9 Å². The predicted octanol–water partition coefficient (Wildman–Crippen LogP) is 6.22. The highest BCUT2D eigenvalue weighted by atomic mass is 19.1. The molecular weight excluding hydrogens is 429 g/mol. The zero-order valence-corrected chi connectivity index (χ0v) is 20.1. The Morgan fingerprint density at radius 3 is 2.41 bits per heavy atom. The molecule has 4 nitrogen and oxygen atoms in total. The molecule has 0 saturated heterocycles. The summed E-state index contributed by atoms with van der Waals surface area (Å²) in [6.45, 7) is 3.15. The molecule has 1 saturated carbocycles. The Morgan fingerprint density at radius 2 is 1.68 bits per heavy atom. The summed E-state index contributed by atoms with van der Waals surface area (Å²) in [6, 6.07) is 19.0. The maximum absolute atomic E-state index is 13.8. The van der Waals surface area contributed by atoms with Crippen molar-refractivity contribution in [3.05, 3.63) is 83.2 Å². The Hall–Kier alpha value is -2.89. The number of rotatable bonds is 9. The first-order valence-corrected chi connectivity index (χ1v) is 12.1. The lowest BCUT2D eigenvalue weighted by Crippen LogP contribution is -2.28. The van der Waals surface area contributed by atoms with Crippen LogP contribution in [0.5, 0.6) is 11.5 Å². The highest BCUT2D eigenvalue weighted by molar-refractivity contribution is 5.69. The zero-order valence-electron chi connectivity index (χ0n) is 20.1. The van der Waals surface area contributed by atoms with Crippen molar-refractivity contribution in [2.75, 3.05) is 13.7 Å². The number of nitrogens with two attached hydrogens (primary N) is 1. The van der Waals surface area contributed by atoms with Crippen molar-refractivity contribution in [2.24, 2.45) is 5.73 Å². The second kappa shape index (κ2) is 11.5. The minimum absolute atomic E-state index is 0.148. The molecule has 3 aromatic carbocycles. The summed E-state index contributed by atoms with van der Waals surface area (Å²) in [5.41, 5.74) is 11.0. The number of methoxy groups -OCH3 is 1. The van der Waals surface area contributed by atoms with E-state index < -0.39 is 0 Å². The fourth-order valence-corrected chi connectivity index (χ4v) is 4.61.